The molecule has 0 amide bonds. The Hall–Kier alpha value is -1.40. The van der Waals surface area contributed by atoms with E-state index in [9.17, 15) is 9.00 Å². The van der Waals surface area contributed by atoms with Crippen molar-refractivity contribution in [2.75, 3.05) is 11.4 Å². The normalized spacial score (nSPS) is 12.1. The molecule has 1 atom stereocenters. The minimum atomic E-state index is -2.06. The van der Waals surface area contributed by atoms with Crippen molar-refractivity contribution < 1.29 is 18.7 Å². The van der Waals surface area contributed by atoms with Crippen LogP contribution < -0.4 is 4.31 Å². The SMILES string of the molecule is CN(c1ccc(CC(=O)O)cc1)S(=O)O. The molecule has 1 aromatic rings. The van der Waals surface area contributed by atoms with E-state index in [0.717, 1.165) is 0 Å². The quantitative estimate of drug-likeness (QED) is 0.751. The highest BCUT2D eigenvalue weighted by molar-refractivity contribution is 7.80. The maximum absolute atomic E-state index is 10.7. The Balaban J connectivity index is 2.80. The van der Waals surface area contributed by atoms with Gasteiger partial charge < -0.3 is 5.11 Å². The number of nitrogens with zero attached hydrogens (tertiary/aromatic N) is 1. The van der Waals surface area contributed by atoms with E-state index in [1.54, 1.807) is 24.3 Å². The van der Waals surface area contributed by atoms with Crippen LogP contribution in [0.25, 0.3) is 0 Å². The fraction of sp³-hybridized carbons (Fsp3) is 0.222. The van der Waals surface area contributed by atoms with Gasteiger partial charge in [0.15, 0.2) is 0 Å². The fourth-order valence-electron chi connectivity index (χ4n) is 1.09. The van der Waals surface area contributed by atoms with E-state index in [1.165, 1.54) is 11.4 Å². The molecule has 1 rings (SSSR count). The highest BCUT2D eigenvalue weighted by atomic mass is 32.2. The Bertz CT molecular complexity index is 376. The lowest BCUT2D eigenvalue weighted by Crippen LogP contribution is -2.19. The Kier molecular flexibility index (Phi) is 3.81. The molecule has 5 nitrogen and oxygen atoms in total. The van der Waals surface area contributed by atoms with E-state index in [4.69, 9.17) is 9.66 Å². The lowest BCUT2D eigenvalue weighted by atomic mass is 10.1. The molecule has 0 fully saturated rings. The first-order chi connectivity index (χ1) is 7.00. The van der Waals surface area contributed by atoms with E-state index >= 15 is 0 Å². The third-order valence-corrected chi connectivity index (χ3v) is 2.57. The Morgan fingerprint density at radius 1 is 1.40 bits per heavy atom. The minimum Gasteiger partial charge on any atom is -0.481 e. The van der Waals surface area contributed by atoms with Crippen LogP contribution in [0, 0.1) is 0 Å². The van der Waals surface area contributed by atoms with Crippen LogP contribution >= 0.6 is 0 Å². The van der Waals surface area contributed by atoms with Gasteiger partial charge in [-0.25, -0.2) is 4.21 Å². The summed E-state index contributed by atoms with van der Waals surface area (Å²) in [5, 5.41) is 8.53. The van der Waals surface area contributed by atoms with Crippen LogP contribution in [-0.4, -0.2) is 26.9 Å². The van der Waals surface area contributed by atoms with E-state index in [1.807, 2.05) is 0 Å². The van der Waals surface area contributed by atoms with Crippen LogP contribution in [-0.2, 0) is 22.5 Å². The van der Waals surface area contributed by atoms with E-state index in [-0.39, 0.29) is 6.42 Å². The largest absolute Gasteiger partial charge is 0.481 e. The number of aliphatic carboxylic acids is 1. The predicted molar refractivity (Wildman–Crippen MR) is 57.0 cm³/mol. The van der Waals surface area contributed by atoms with Gasteiger partial charge in [0.2, 0.25) is 0 Å². The minimum absolute atomic E-state index is 0.0494. The molecule has 0 aromatic heterocycles. The zero-order valence-electron chi connectivity index (χ0n) is 8.08. The van der Waals surface area contributed by atoms with Crippen LogP contribution in [0.2, 0.25) is 0 Å². The van der Waals surface area contributed by atoms with Gasteiger partial charge in [-0.15, -0.1) is 0 Å². The predicted octanol–water partition coefficient (Wildman–Crippen LogP) is 0.887. The zero-order chi connectivity index (χ0) is 11.4. The monoisotopic (exact) mass is 229 g/mol. The molecule has 0 aliphatic rings. The lowest BCUT2D eigenvalue weighted by Gasteiger charge is -2.13. The molecule has 1 unspecified atom stereocenters. The maximum Gasteiger partial charge on any atom is 0.307 e. The smallest absolute Gasteiger partial charge is 0.307 e. The van der Waals surface area contributed by atoms with Crippen LogP contribution in [0.1, 0.15) is 5.56 Å². The number of hydrogen-bond donors (Lipinski definition) is 2. The first-order valence-corrected chi connectivity index (χ1v) is 5.22. The first kappa shape index (κ1) is 11.7. The number of carboxylic acid groups (broad SMARTS) is 1. The average Bonchev–Trinajstić information content (AvgIpc) is 2.17. The Labute approximate surface area is 89.8 Å². The van der Waals surface area contributed by atoms with Crippen LogP contribution in [0.3, 0.4) is 0 Å². The fourth-order valence-corrected chi connectivity index (χ4v) is 1.39. The highest BCUT2D eigenvalue weighted by Crippen LogP contribution is 2.14. The number of benzene rings is 1. The molecule has 82 valence electrons. The number of carbonyl (C=O) groups is 1. The second-order valence-corrected chi connectivity index (χ2v) is 3.97. The summed E-state index contributed by atoms with van der Waals surface area (Å²) in [6, 6.07) is 6.44. The number of carboxylic acids is 1. The van der Waals surface area contributed by atoms with Gasteiger partial charge in [0.1, 0.15) is 0 Å². The van der Waals surface area contributed by atoms with Gasteiger partial charge in [-0.2, -0.15) is 0 Å². The summed E-state index contributed by atoms with van der Waals surface area (Å²) >= 11 is -2.06. The molecule has 0 spiro atoms. The van der Waals surface area contributed by atoms with Crippen molar-refractivity contribution in [3.8, 4) is 0 Å². The standard InChI is InChI=1S/C9H11NO4S/c1-10(15(13)14)8-4-2-7(3-5-8)6-9(11)12/h2-5H,6H2,1H3,(H,11,12)(H,13,14). The molecule has 0 radical (unpaired) electrons. The summed E-state index contributed by atoms with van der Waals surface area (Å²) < 4.78 is 20.7. The summed E-state index contributed by atoms with van der Waals surface area (Å²) in [4.78, 5) is 10.4. The first-order valence-electron chi connectivity index (χ1n) is 4.16. The van der Waals surface area contributed by atoms with Gasteiger partial charge in [-0.1, -0.05) is 12.1 Å². The van der Waals surface area contributed by atoms with Crippen molar-refractivity contribution in [1.29, 1.82) is 0 Å². The second kappa shape index (κ2) is 4.90. The van der Waals surface area contributed by atoms with Gasteiger partial charge >= 0.3 is 5.97 Å². The summed E-state index contributed by atoms with van der Waals surface area (Å²) in [5.41, 5.74) is 1.22. The second-order valence-electron chi connectivity index (χ2n) is 2.97. The number of hydrogen-bond acceptors (Lipinski definition) is 2. The van der Waals surface area contributed by atoms with Crippen LogP contribution in [0.15, 0.2) is 24.3 Å². The third-order valence-electron chi connectivity index (χ3n) is 1.89. The molecule has 15 heavy (non-hydrogen) atoms. The van der Waals surface area contributed by atoms with Crippen LogP contribution in [0.4, 0.5) is 5.69 Å². The van der Waals surface area contributed by atoms with Crippen molar-refractivity contribution in [1.82, 2.24) is 0 Å². The van der Waals surface area contributed by atoms with Gasteiger partial charge in [0.25, 0.3) is 11.3 Å². The van der Waals surface area contributed by atoms with Crippen molar-refractivity contribution in [3.05, 3.63) is 29.8 Å². The van der Waals surface area contributed by atoms with Gasteiger partial charge in [-0.3, -0.25) is 13.7 Å². The topological polar surface area (TPSA) is 77.8 Å². The maximum atomic E-state index is 10.7. The molecule has 0 aliphatic carbocycles. The molecular weight excluding hydrogens is 218 g/mol. The van der Waals surface area contributed by atoms with Crippen LogP contribution in [0.5, 0.6) is 0 Å². The van der Waals surface area contributed by atoms with E-state index in [2.05, 4.69) is 0 Å². The molecule has 2 N–H and O–H groups in total. The molecule has 0 aliphatic heterocycles. The van der Waals surface area contributed by atoms with Crippen molar-refractivity contribution in [2.24, 2.45) is 0 Å². The molecular formula is C9H11NO4S. The van der Waals surface area contributed by atoms with Crippen molar-refractivity contribution in [3.63, 3.8) is 0 Å². The summed E-state index contributed by atoms with van der Waals surface area (Å²) in [6.07, 6.45) is -0.0494. The number of rotatable bonds is 4. The van der Waals surface area contributed by atoms with E-state index in [0.29, 0.717) is 11.3 Å². The van der Waals surface area contributed by atoms with Gasteiger partial charge in [0.05, 0.1) is 12.1 Å². The van der Waals surface area contributed by atoms with Gasteiger partial charge in [-0.05, 0) is 17.7 Å². The lowest BCUT2D eigenvalue weighted by molar-refractivity contribution is -0.136. The summed E-state index contributed by atoms with van der Waals surface area (Å²) in [7, 11) is 1.47. The molecule has 1 aromatic carbocycles. The van der Waals surface area contributed by atoms with Crippen molar-refractivity contribution >= 4 is 22.9 Å². The van der Waals surface area contributed by atoms with Gasteiger partial charge in [0, 0.05) is 7.05 Å². The third kappa shape index (κ3) is 3.34. The molecule has 0 bridgehead atoms. The highest BCUT2D eigenvalue weighted by Gasteiger charge is 2.06. The molecule has 0 saturated carbocycles. The Morgan fingerprint density at radius 3 is 2.33 bits per heavy atom. The average molecular weight is 229 g/mol. The summed E-state index contributed by atoms with van der Waals surface area (Å²) in [5.74, 6) is -0.901. The molecule has 0 heterocycles. The van der Waals surface area contributed by atoms with E-state index < -0.39 is 17.2 Å². The van der Waals surface area contributed by atoms with Crippen molar-refractivity contribution in [2.45, 2.75) is 6.42 Å². The molecule has 6 heteroatoms. The Morgan fingerprint density at radius 2 is 1.93 bits per heavy atom. The zero-order valence-corrected chi connectivity index (χ0v) is 8.90. The summed E-state index contributed by atoms with van der Waals surface area (Å²) in [6.45, 7) is 0. The number of anilines is 1. The molecule has 0 saturated heterocycles.